The molecule has 0 saturated heterocycles. The summed E-state index contributed by atoms with van der Waals surface area (Å²) in [4.78, 5) is 10.4. The molecule has 108 valence electrons. The van der Waals surface area contributed by atoms with Crippen molar-refractivity contribution in [2.45, 2.75) is 39.3 Å². The second-order valence-electron chi connectivity index (χ2n) is 4.92. The summed E-state index contributed by atoms with van der Waals surface area (Å²) in [6.45, 7) is 6.96. The Bertz CT molecular complexity index is 390. The van der Waals surface area contributed by atoms with Gasteiger partial charge in [-0.05, 0) is 38.0 Å². The first kappa shape index (κ1) is 17.7. The van der Waals surface area contributed by atoms with E-state index in [0.717, 1.165) is 18.5 Å². The maximum atomic E-state index is 10.4. The van der Waals surface area contributed by atoms with Crippen LogP contribution < -0.4 is 10.1 Å². The fourth-order valence-corrected chi connectivity index (χ4v) is 1.31. The van der Waals surface area contributed by atoms with Crippen LogP contribution in [-0.4, -0.2) is 23.2 Å². The van der Waals surface area contributed by atoms with Gasteiger partial charge in [0.2, 0.25) is 0 Å². The van der Waals surface area contributed by atoms with Gasteiger partial charge < -0.3 is 15.2 Å². The van der Waals surface area contributed by atoms with Crippen molar-refractivity contribution in [3.8, 4) is 5.75 Å². The highest BCUT2D eigenvalue weighted by Crippen LogP contribution is 2.14. The normalized spacial score (nSPS) is 10.7. The Morgan fingerprint density at radius 3 is 2.37 bits per heavy atom. The van der Waals surface area contributed by atoms with Crippen molar-refractivity contribution in [3.63, 3.8) is 0 Å². The Morgan fingerprint density at radius 2 is 1.89 bits per heavy atom. The molecule has 0 saturated carbocycles. The van der Waals surface area contributed by atoms with Crippen molar-refractivity contribution >= 4 is 18.4 Å². The maximum Gasteiger partial charge on any atom is 0.341 e. The van der Waals surface area contributed by atoms with Gasteiger partial charge in [-0.15, -0.1) is 12.4 Å². The SMILES string of the molecule is CCC(C)(C)NCc1ccc(OCC(=O)O)cc1.Cl. The van der Waals surface area contributed by atoms with Crippen molar-refractivity contribution in [1.29, 1.82) is 0 Å². The number of rotatable bonds is 7. The summed E-state index contributed by atoms with van der Waals surface area (Å²) in [7, 11) is 0. The van der Waals surface area contributed by atoms with E-state index in [4.69, 9.17) is 9.84 Å². The van der Waals surface area contributed by atoms with E-state index >= 15 is 0 Å². The molecule has 0 spiro atoms. The molecule has 0 amide bonds. The molecular weight excluding hydrogens is 266 g/mol. The Hall–Kier alpha value is -1.26. The predicted molar refractivity (Wildman–Crippen MR) is 78.0 cm³/mol. The van der Waals surface area contributed by atoms with Gasteiger partial charge >= 0.3 is 5.97 Å². The highest BCUT2D eigenvalue weighted by molar-refractivity contribution is 5.85. The lowest BCUT2D eigenvalue weighted by Crippen LogP contribution is -2.37. The van der Waals surface area contributed by atoms with Crippen molar-refractivity contribution < 1.29 is 14.6 Å². The molecule has 0 aliphatic carbocycles. The summed E-state index contributed by atoms with van der Waals surface area (Å²) >= 11 is 0. The predicted octanol–water partition coefficient (Wildman–Crippen LogP) is 2.85. The number of hydrogen-bond acceptors (Lipinski definition) is 3. The lowest BCUT2D eigenvalue weighted by Gasteiger charge is -2.24. The molecule has 19 heavy (non-hydrogen) atoms. The van der Waals surface area contributed by atoms with Crippen LogP contribution in [0.4, 0.5) is 0 Å². The average molecular weight is 288 g/mol. The summed E-state index contributed by atoms with van der Waals surface area (Å²) in [6, 6.07) is 7.46. The van der Waals surface area contributed by atoms with Crippen LogP contribution in [0.1, 0.15) is 32.8 Å². The minimum Gasteiger partial charge on any atom is -0.482 e. The molecule has 0 atom stereocenters. The highest BCUT2D eigenvalue weighted by atomic mass is 35.5. The number of halogens is 1. The first-order valence-corrected chi connectivity index (χ1v) is 6.11. The molecule has 0 radical (unpaired) electrons. The molecule has 2 N–H and O–H groups in total. The summed E-state index contributed by atoms with van der Waals surface area (Å²) < 4.78 is 5.07. The Labute approximate surface area is 120 Å². The van der Waals surface area contributed by atoms with Crippen LogP contribution in [-0.2, 0) is 11.3 Å². The van der Waals surface area contributed by atoms with Crippen molar-refractivity contribution in [2.75, 3.05) is 6.61 Å². The summed E-state index contributed by atoms with van der Waals surface area (Å²) in [6.07, 6.45) is 1.06. The fourth-order valence-electron chi connectivity index (χ4n) is 1.31. The number of carbonyl (C=O) groups is 1. The van der Waals surface area contributed by atoms with Crippen LogP contribution in [0.3, 0.4) is 0 Å². The number of benzene rings is 1. The third-order valence-electron chi connectivity index (χ3n) is 2.94. The third-order valence-corrected chi connectivity index (χ3v) is 2.94. The standard InChI is InChI=1S/C14H21NO3.ClH/c1-4-14(2,3)15-9-11-5-7-12(8-6-11)18-10-13(16)17;/h5-8,15H,4,9-10H2,1-3H3,(H,16,17);1H. The van der Waals surface area contributed by atoms with E-state index < -0.39 is 5.97 Å². The topological polar surface area (TPSA) is 58.6 Å². The molecule has 1 rings (SSSR count). The largest absolute Gasteiger partial charge is 0.482 e. The lowest BCUT2D eigenvalue weighted by molar-refractivity contribution is -0.139. The van der Waals surface area contributed by atoms with E-state index in [9.17, 15) is 4.79 Å². The van der Waals surface area contributed by atoms with Gasteiger partial charge in [-0.1, -0.05) is 19.1 Å². The van der Waals surface area contributed by atoms with E-state index in [1.165, 1.54) is 0 Å². The van der Waals surface area contributed by atoms with Crippen LogP contribution in [0.5, 0.6) is 5.75 Å². The number of aliphatic carboxylic acids is 1. The number of hydrogen-bond donors (Lipinski definition) is 2. The summed E-state index contributed by atoms with van der Waals surface area (Å²) in [5.74, 6) is -0.388. The van der Waals surface area contributed by atoms with Gasteiger partial charge in [-0.3, -0.25) is 0 Å². The Kier molecular flexibility index (Phi) is 7.49. The third kappa shape index (κ3) is 7.03. The molecule has 5 heteroatoms. The Balaban J connectivity index is 0.00000324. The molecule has 0 aliphatic heterocycles. The zero-order chi connectivity index (χ0) is 13.6. The minimum absolute atomic E-state index is 0. The maximum absolute atomic E-state index is 10.4. The zero-order valence-electron chi connectivity index (χ0n) is 11.6. The number of nitrogens with one attached hydrogen (secondary N) is 1. The van der Waals surface area contributed by atoms with Crippen LogP contribution in [0.2, 0.25) is 0 Å². The molecule has 0 heterocycles. The lowest BCUT2D eigenvalue weighted by atomic mass is 10.0. The minimum atomic E-state index is -0.967. The zero-order valence-corrected chi connectivity index (χ0v) is 12.4. The van der Waals surface area contributed by atoms with Gasteiger partial charge in [0.25, 0.3) is 0 Å². The van der Waals surface area contributed by atoms with Crippen molar-refractivity contribution in [3.05, 3.63) is 29.8 Å². The molecule has 4 nitrogen and oxygen atoms in total. The first-order valence-electron chi connectivity index (χ1n) is 6.11. The molecule has 1 aromatic carbocycles. The van der Waals surface area contributed by atoms with Gasteiger partial charge in [-0.2, -0.15) is 0 Å². The van der Waals surface area contributed by atoms with Crippen LogP contribution >= 0.6 is 12.4 Å². The smallest absolute Gasteiger partial charge is 0.341 e. The van der Waals surface area contributed by atoms with E-state index in [1.54, 1.807) is 12.1 Å². The molecular formula is C14H22ClNO3. The molecule has 0 fully saturated rings. The Morgan fingerprint density at radius 1 is 1.32 bits per heavy atom. The monoisotopic (exact) mass is 287 g/mol. The van der Waals surface area contributed by atoms with E-state index in [0.29, 0.717) is 5.75 Å². The van der Waals surface area contributed by atoms with Gasteiger partial charge in [-0.25, -0.2) is 4.79 Å². The summed E-state index contributed by atoms with van der Waals surface area (Å²) in [5, 5.41) is 12.0. The van der Waals surface area contributed by atoms with Crippen LogP contribution in [0.25, 0.3) is 0 Å². The quantitative estimate of drug-likeness (QED) is 0.810. The van der Waals surface area contributed by atoms with E-state index in [-0.39, 0.29) is 24.6 Å². The fraction of sp³-hybridized carbons (Fsp3) is 0.500. The van der Waals surface area contributed by atoms with Gasteiger partial charge in [0.15, 0.2) is 6.61 Å². The van der Waals surface area contributed by atoms with Crippen LogP contribution in [0.15, 0.2) is 24.3 Å². The average Bonchev–Trinajstić information content (AvgIpc) is 2.35. The van der Waals surface area contributed by atoms with Crippen molar-refractivity contribution in [2.24, 2.45) is 0 Å². The first-order chi connectivity index (χ1) is 8.43. The highest BCUT2D eigenvalue weighted by Gasteiger charge is 2.13. The van der Waals surface area contributed by atoms with E-state index in [1.807, 2.05) is 12.1 Å². The molecule has 0 unspecified atom stereocenters. The van der Waals surface area contributed by atoms with Gasteiger partial charge in [0, 0.05) is 12.1 Å². The second-order valence-corrected chi connectivity index (χ2v) is 4.92. The molecule has 0 aliphatic rings. The van der Waals surface area contributed by atoms with E-state index in [2.05, 4.69) is 26.1 Å². The number of carboxylic acid groups (broad SMARTS) is 1. The van der Waals surface area contributed by atoms with Crippen LogP contribution in [0, 0.1) is 0 Å². The molecule has 1 aromatic rings. The number of carboxylic acids is 1. The molecule has 0 aromatic heterocycles. The molecule has 0 bridgehead atoms. The number of ether oxygens (including phenoxy) is 1. The van der Waals surface area contributed by atoms with Crippen molar-refractivity contribution in [1.82, 2.24) is 5.32 Å². The second kappa shape index (κ2) is 8.02. The van der Waals surface area contributed by atoms with Gasteiger partial charge in [0.05, 0.1) is 0 Å². The van der Waals surface area contributed by atoms with Gasteiger partial charge in [0.1, 0.15) is 5.75 Å². The summed E-state index contributed by atoms with van der Waals surface area (Å²) in [5.41, 5.74) is 1.28.